The van der Waals surface area contributed by atoms with Crippen LogP contribution in [0.2, 0.25) is 0 Å². The van der Waals surface area contributed by atoms with Crippen molar-refractivity contribution in [1.82, 2.24) is 10.6 Å². The molecule has 3 rings (SSSR count). The number of amides is 2. The van der Waals surface area contributed by atoms with Gasteiger partial charge in [-0.2, -0.15) is 0 Å². The molecule has 0 aliphatic heterocycles. The van der Waals surface area contributed by atoms with Gasteiger partial charge >= 0.3 is 6.03 Å². The van der Waals surface area contributed by atoms with Crippen molar-refractivity contribution in [3.63, 3.8) is 0 Å². The zero-order chi connectivity index (χ0) is 16.8. The van der Waals surface area contributed by atoms with Crippen molar-refractivity contribution in [3.05, 3.63) is 65.2 Å². The summed E-state index contributed by atoms with van der Waals surface area (Å²) in [5, 5.41) is 6.06. The number of ether oxygens (including phenoxy) is 1. The van der Waals surface area contributed by atoms with E-state index >= 15 is 0 Å². The predicted molar refractivity (Wildman–Crippen MR) is 95.4 cm³/mol. The minimum absolute atomic E-state index is 0.105. The second-order valence-electron chi connectivity index (χ2n) is 6.11. The molecule has 0 fully saturated rings. The molecular weight excluding hydrogens is 300 g/mol. The predicted octanol–water partition coefficient (Wildman–Crippen LogP) is 3.61. The maximum absolute atomic E-state index is 12.2. The van der Waals surface area contributed by atoms with Crippen molar-refractivity contribution in [2.45, 2.75) is 31.7 Å². The van der Waals surface area contributed by atoms with Crippen LogP contribution in [0.15, 0.2) is 48.5 Å². The Labute approximate surface area is 143 Å². The van der Waals surface area contributed by atoms with E-state index < -0.39 is 0 Å². The Hall–Kier alpha value is -2.49. The second-order valence-corrected chi connectivity index (χ2v) is 6.11. The minimum Gasteiger partial charge on any atom is -0.496 e. The first-order valence-corrected chi connectivity index (χ1v) is 8.52. The normalized spacial score (nSPS) is 16.1. The average molecular weight is 324 g/mol. The van der Waals surface area contributed by atoms with Gasteiger partial charge in [0.15, 0.2) is 0 Å². The van der Waals surface area contributed by atoms with Crippen molar-refractivity contribution in [2.75, 3.05) is 13.7 Å². The number of rotatable bonds is 5. The van der Waals surface area contributed by atoms with Crippen LogP contribution in [0.5, 0.6) is 5.75 Å². The molecule has 0 saturated carbocycles. The van der Waals surface area contributed by atoms with Gasteiger partial charge in [0.1, 0.15) is 5.75 Å². The highest BCUT2D eigenvalue weighted by Gasteiger charge is 2.21. The number of hydrogen-bond donors (Lipinski definition) is 2. The third-order valence-electron chi connectivity index (χ3n) is 4.55. The van der Waals surface area contributed by atoms with Crippen LogP contribution in [0, 0.1) is 0 Å². The Morgan fingerprint density at radius 1 is 1.17 bits per heavy atom. The lowest BCUT2D eigenvalue weighted by atomic mass is 9.88. The molecule has 4 heteroatoms. The zero-order valence-electron chi connectivity index (χ0n) is 14.0. The van der Waals surface area contributed by atoms with Crippen LogP contribution < -0.4 is 15.4 Å². The number of aryl methyl sites for hydroxylation is 1. The molecule has 0 aromatic heterocycles. The summed E-state index contributed by atoms with van der Waals surface area (Å²) in [6.45, 7) is 0.584. The summed E-state index contributed by atoms with van der Waals surface area (Å²) >= 11 is 0. The van der Waals surface area contributed by atoms with Gasteiger partial charge in [-0.1, -0.05) is 42.5 Å². The Morgan fingerprint density at radius 2 is 1.96 bits per heavy atom. The van der Waals surface area contributed by atoms with E-state index in [0.29, 0.717) is 6.54 Å². The topological polar surface area (TPSA) is 50.4 Å². The van der Waals surface area contributed by atoms with E-state index in [1.54, 1.807) is 7.11 Å². The van der Waals surface area contributed by atoms with E-state index in [1.165, 1.54) is 11.1 Å². The molecule has 24 heavy (non-hydrogen) atoms. The molecule has 2 aromatic carbocycles. The van der Waals surface area contributed by atoms with Gasteiger partial charge in [-0.25, -0.2) is 4.79 Å². The first-order chi connectivity index (χ1) is 11.8. The maximum Gasteiger partial charge on any atom is 0.315 e. The van der Waals surface area contributed by atoms with Gasteiger partial charge in [0.25, 0.3) is 0 Å². The largest absolute Gasteiger partial charge is 0.496 e. The van der Waals surface area contributed by atoms with Crippen LogP contribution in [0.25, 0.3) is 0 Å². The molecule has 126 valence electrons. The van der Waals surface area contributed by atoms with Crippen LogP contribution >= 0.6 is 0 Å². The molecule has 2 aromatic rings. The second kappa shape index (κ2) is 7.86. The molecule has 4 nitrogen and oxygen atoms in total. The maximum atomic E-state index is 12.2. The Morgan fingerprint density at radius 3 is 2.83 bits per heavy atom. The number of urea groups is 1. The van der Waals surface area contributed by atoms with Crippen LogP contribution in [0.3, 0.4) is 0 Å². The summed E-state index contributed by atoms with van der Waals surface area (Å²) in [7, 11) is 1.67. The van der Waals surface area contributed by atoms with E-state index in [2.05, 4.69) is 28.8 Å². The first-order valence-electron chi connectivity index (χ1n) is 8.52. The van der Waals surface area contributed by atoms with Gasteiger partial charge in [0.05, 0.1) is 13.2 Å². The van der Waals surface area contributed by atoms with Crippen LogP contribution in [0.4, 0.5) is 4.79 Å². The number of nitrogens with one attached hydrogen (secondary N) is 2. The molecular formula is C20H24N2O2. The van der Waals surface area contributed by atoms with Gasteiger partial charge in [-0.05, 0) is 48.4 Å². The summed E-state index contributed by atoms with van der Waals surface area (Å²) in [5.74, 6) is 0.862. The van der Waals surface area contributed by atoms with Crippen LogP contribution in [-0.2, 0) is 12.8 Å². The number of carbonyl (C=O) groups is 1. The van der Waals surface area contributed by atoms with E-state index in [1.807, 2.05) is 30.3 Å². The highest BCUT2D eigenvalue weighted by Crippen LogP contribution is 2.29. The van der Waals surface area contributed by atoms with Crippen molar-refractivity contribution in [2.24, 2.45) is 0 Å². The average Bonchev–Trinajstić information content (AvgIpc) is 2.62. The number of para-hydroxylation sites is 1. The quantitative estimate of drug-likeness (QED) is 0.882. The van der Waals surface area contributed by atoms with Crippen molar-refractivity contribution in [1.29, 1.82) is 0 Å². The van der Waals surface area contributed by atoms with Gasteiger partial charge < -0.3 is 15.4 Å². The first kappa shape index (κ1) is 16.4. The summed E-state index contributed by atoms with van der Waals surface area (Å²) in [4.78, 5) is 12.2. The third kappa shape index (κ3) is 3.88. The summed E-state index contributed by atoms with van der Waals surface area (Å²) < 4.78 is 5.34. The number of methoxy groups -OCH3 is 1. The standard InChI is InChI=1S/C20H24N2O2/c1-24-19-12-5-3-8-16(19)13-14-21-20(23)22-18-11-6-9-15-7-2-4-10-17(15)18/h2-5,7-8,10,12,18H,6,9,11,13-14H2,1H3,(H2,21,22,23). The highest BCUT2D eigenvalue weighted by molar-refractivity contribution is 5.74. The third-order valence-corrected chi connectivity index (χ3v) is 4.55. The molecule has 2 N–H and O–H groups in total. The fourth-order valence-electron chi connectivity index (χ4n) is 3.33. The lowest BCUT2D eigenvalue weighted by Crippen LogP contribution is -2.39. The molecule has 1 aliphatic carbocycles. The highest BCUT2D eigenvalue weighted by atomic mass is 16.5. The Kier molecular flexibility index (Phi) is 5.36. The molecule has 0 saturated heterocycles. The lowest BCUT2D eigenvalue weighted by molar-refractivity contribution is 0.235. The molecule has 0 heterocycles. The van der Waals surface area contributed by atoms with E-state index in [0.717, 1.165) is 37.0 Å². The van der Waals surface area contributed by atoms with Gasteiger partial charge in [-0.15, -0.1) is 0 Å². The van der Waals surface area contributed by atoms with Gasteiger partial charge in [0, 0.05) is 6.54 Å². The van der Waals surface area contributed by atoms with Crippen molar-refractivity contribution in [3.8, 4) is 5.75 Å². The monoisotopic (exact) mass is 324 g/mol. The molecule has 1 unspecified atom stereocenters. The molecule has 0 spiro atoms. The Balaban J connectivity index is 1.52. The lowest BCUT2D eigenvalue weighted by Gasteiger charge is -2.26. The fourth-order valence-corrected chi connectivity index (χ4v) is 3.33. The van der Waals surface area contributed by atoms with E-state index in [9.17, 15) is 4.79 Å². The molecule has 2 amide bonds. The molecule has 0 bridgehead atoms. The summed E-state index contributed by atoms with van der Waals surface area (Å²) in [6.07, 6.45) is 3.96. The fraction of sp³-hybridized carbons (Fsp3) is 0.350. The minimum atomic E-state index is -0.105. The number of carbonyl (C=O) groups excluding carboxylic acids is 1. The van der Waals surface area contributed by atoms with Crippen LogP contribution in [0.1, 0.15) is 35.6 Å². The molecule has 0 radical (unpaired) electrons. The number of hydrogen-bond acceptors (Lipinski definition) is 2. The van der Waals surface area contributed by atoms with Crippen molar-refractivity contribution >= 4 is 6.03 Å². The van der Waals surface area contributed by atoms with Gasteiger partial charge in [0.2, 0.25) is 0 Å². The Bertz CT molecular complexity index is 700. The molecule has 1 aliphatic rings. The summed E-state index contributed by atoms with van der Waals surface area (Å²) in [6, 6.07) is 16.3. The number of fused-ring (bicyclic) bond motifs is 1. The zero-order valence-corrected chi connectivity index (χ0v) is 14.0. The van der Waals surface area contributed by atoms with Crippen molar-refractivity contribution < 1.29 is 9.53 Å². The number of benzene rings is 2. The van der Waals surface area contributed by atoms with Crippen LogP contribution in [-0.4, -0.2) is 19.7 Å². The van der Waals surface area contributed by atoms with E-state index in [4.69, 9.17) is 4.74 Å². The molecule has 1 atom stereocenters. The van der Waals surface area contributed by atoms with E-state index in [-0.39, 0.29) is 12.1 Å². The smallest absolute Gasteiger partial charge is 0.315 e. The SMILES string of the molecule is COc1ccccc1CCNC(=O)NC1CCCc2ccccc21. The summed E-state index contributed by atoms with van der Waals surface area (Å²) in [5.41, 5.74) is 3.70. The van der Waals surface area contributed by atoms with Gasteiger partial charge in [-0.3, -0.25) is 0 Å².